The van der Waals surface area contributed by atoms with Gasteiger partial charge in [-0.25, -0.2) is 0 Å². The molecule has 1 fully saturated rings. The molecule has 0 saturated carbocycles. The molecule has 0 aromatic carbocycles. The van der Waals surface area contributed by atoms with E-state index in [4.69, 9.17) is 4.74 Å². The highest BCUT2D eigenvalue weighted by molar-refractivity contribution is 9.10. The van der Waals surface area contributed by atoms with Crippen LogP contribution in [-0.4, -0.2) is 41.4 Å². The molecule has 1 aliphatic heterocycles. The van der Waals surface area contributed by atoms with Crippen molar-refractivity contribution >= 4 is 21.8 Å². The highest BCUT2D eigenvalue weighted by atomic mass is 79.9. The summed E-state index contributed by atoms with van der Waals surface area (Å²) in [5, 5.41) is 0. The Labute approximate surface area is 100 Å². The molecule has 0 aromatic heterocycles. The minimum atomic E-state index is -0.0619. The molecule has 88 valence electrons. The van der Waals surface area contributed by atoms with E-state index >= 15 is 0 Å². The topological polar surface area (TPSA) is 29.5 Å². The normalized spacial score (nSPS) is 24.3. The number of hydrogen-bond donors (Lipinski definition) is 0. The fourth-order valence-corrected chi connectivity index (χ4v) is 1.92. The Kier molecular flexibility index (Phi) is 5.06. The van der Waals surface area contributed by atoms with Crippen molar-refractivity contribution in [3.05, 3.63) is 0 Å². The lowest BCUT2D eigenvalue weighted by molar-refractivity contribution is -0.138. The van der Waals surface area contributed by atoms with E-state index in [2.05, 4.69) is 36.7 Å². The number of carbonyl (C=O) groups is 1. The lowest BCUT2D eigenvalue weighted by atomic mass is 10.1. The number of morpholine rings is 1. The highest BCUT2D eigenvalue weighted by Crippen LogP contribution is 2.17. The first kappa shape index (κ1) is 13.0. The molecule has 15 heavy (non-hydrogen) atoms. The number of rotatable bonds is 3. The summed E-state index contributed by atoms with van der Waals surface area (Å²) in [4.78, 5) is 13.9. The predicted molar refractivity (Wildman–Crippen MR) is 64.2 cm³/mol. The zero-order chi connectivity index (χ0) is 11.4. The Hall–Kier alpha value is -0.0900. The molecule has 1 aliphatic rings. The van der Waals surface area contributed by atoms with Crippen molar-refractivity contribution in [3.8, 4) is 0 Å². The van der Waals surface area contributed by atoms with E-state index in [-0.39, 0.29) is 16.8 Å². The van der Waals surface area contributed by atoms with Crippen molar-refractivity contribution in [2.24, 2.45) is 5.92 Å². The van der Waals surface area contributed by atoms with Crippen molar-refractivity contribution in [1.82, 2.24) is 4.90 Å². The van der Waals surface area contributed by atoms with Gasteiger partial charge < -0.3 is 9.64 Å². The van der Waals surface area contributed by atoms with Crippen LogP contribution in [0.2, 0.25) is 0 Å². The summed E-state index contributed by atoms with van der Waals surface area (Å²) < 4.78 is 5.54. The molecule has 0 spiro atoms. The molecule has 0 N–H and O–H groups in total. The molecule has 2 unspecified atom stereocenters. The van der Waals surface area contributed by atoms with E-state index < -0.39 is 0 Å². The van der Waals surface area contributed by atoms with Gasteiger partial charge in [-0.15, -0.1) is 0 Å². The van der Waals surface area contributed by atoms with Gasteiger partial charge in [0.05, 0.1) is 17.5 Å². The summed E-state index contributed by atoms with van der Waals surface area (Å²) in [6, 6.07) is 0. The van der Waals surface area contributed by atoms with Gasteiger partial charge in [0, 0.05) is 13.1 Å². The van der Waals surface area contributed by atoms with Crippen LogP contribution >= 0.6 is 15.9 Å². The summed E-state index contributed by atoms with van der Waals surface area (Å²) >= 11 is 3.45. The molecule has 1 amide bonds. The van der Waals surface area contributed by atoms with Gasteiger partial charge in [-0.2, -0.15) is 0 Å². The van der Waals surface area contributed by atoms with E-state index in [1.165, 1.54) is 0 Å². The summed E-state index contributed by atoms with van der Waals surface area (Å²) in [5.41, 5.74) is 0. The van der Waals surface area contributed by atoms with Crippen LogP contribution in [0.15, 0.2) is 0 Å². The predicted octanol–water partition coefficient (Wildman–Crippen LogP) is 2.04. The van der Waals surface area contributed by atoms with Crippen LogP contribution in [0, 0.1) is 5.92 Å². The number of hydrogen-bond acceptors (Lipinski definition) is 2. The second-order valence-electron chi connectivity index (χ2n) is 4.33. The fraction of sp³-hybridized carbons (Fsp3) is 0.909. The van der Waals surface area contributed by atoms with Crippen molar-refractivity contribution in [1.29, 1.82) is 0 Å². The van der Waals surface area contributed by atoms with Crippen molar-refractivity contribution < 1.29 is 9.53 Å². The van der Waals surface area contributed by atoms with Crippen LogP contribution in [-0.2, 0) is 9.53 Å². The Morgan fingerprint density at radius 1 is 1.60 bits per heavy atom. The van der Waals surface area contributed by atoms with Crippen molar-refractivity contribution in [3.63, 3.8) is 0 Å². The van der Waals surface area contributed by atoms with Crippen LogP contribution in [0.4, 0.5) is 0 Å². The maximum atomic E-state index is 12.0. The molecule has 0 radical (unpaired) electrons. The number of nitrogens with zero attached hydrogens (tertiary/aromatic N) is 1. The Morgan fingerprint density at radius 3 is 2.80 bits per heavy atom. The number of alkyl halides is 1. The highest BCUT2D eigenvalue weighted by Gasteiger charge is 2.28. The second kappa shape index (κ2) is 5.85. The maximum Gasteiger partial charge on any atom is 0.236 e. The molecular weight excluding hydrogens is 258 g/mol. The zero-order valence-electron chi connectivity index (χ0n) is 9.70. The largest absolute Gasteiger partial charge is 0.375 e. The third kappa shape index (κ3) is 3.45. The van der Waals surface area contributed by atoms with Crippen LogP contribution in [0.5, 0.6) is 0 Å². The first-order chi connectivity index (χ1) is 7.06. The van der Waals surface area contributed by atoms with E-state index in [1.807, 2.05) is 4.90 Å². The summed E-state index contributed by atoms with van der Waals surface area (Å²) in [7, 11) is 0. The van der Waals surface area contributed by atoms with Crippen molar-refractivity contribution in [2.45, 2.75) is 38.1 Å². The van der Waals surface area contributed by atoms with Crippen molar-refractivity contribution in [2.75, 3.05) is 19.7 Å². The monoisotopic (exact) mass is 277 g/mol. The number of carbonyl (C=O) groups excluding carboxylic acids is 1. The lowest BCUT2D eigenvalue weighted by Gasteiger charge is -2.34. The number of halogens is 1. The van der Waals surface area contributed by atoms with Gasteiger partial charge in [0.15, 0.2) is 0 Å². The van der Waals surface area contributed by atoms with E-state index in [1.54, 1.807) is 0 Å². The van der Waals surface area contributed by atoms with Crippen LogP contribution in [0.3, 0.4) is 0 Å². The first-order valence-corrected chi connectivity index (χ1v) is 6.52. The maximum absolute atomic E-state index is 12.0. The van der Waals surface area contributed by atoms with Gasteiger partial charge in [-0.3, -0.25) is 4.79 Å². The molecule has 3 nitrogen and oxygen atoms in total. The molecule has 1 rings (SSSR count). The average Bonchev–Trinajstić information content (AvgIpc) is 2.27. The molecule has 1 heterocycles. The lowest BCUT2D eigenvalue weighted by Crippen LogP contribution is -2.48. The summed E-state index contributed by atoms with van der Waals surface area (Å²) in [5.74, 6) is 0.534. The van der Waals surface area contributed by atoms with E-state index in [0.29, 0.717) is 12.5 Å². The number of ether oxygens (including phenoxy) is 1. The summed E-state index contributed by atoms with van der Waals surface area (Å²) in [6.07, 6.45) is 1.19. The Morgan fingerprint density at radius 2 is 2.27 bits per heavy atom. The van der Waals surface area contributed by atoms with E-state index in [0.717, 1.165) is 19.5 Å². The molecule has 1 saturated heterocycles. The average molecular weight is 278 g/mol. The quantitative estimate of drug-likeness (QED) is 0.739. The third-order valence-corrected chi connectivity index (χ3v) is 4.18. The van der Waals surface area contributed by atoms with Crippen LogP contribution in [0.1, 0.15) is 27.2 Å². The van der Waals surface area contributed by atoms with Gasteiger partial charge in [-0.05, 0) is 12.3 Å². The van der Waals surface area contributed by atoms with Gasteiger partial charge >= 0.3 is 0 Å². The minimum absolute atomic E-state index is 0.0619. The van der Waals surface area contributed by atoms with Gasteiger partial charge in [0.2, 0.25) is 5.91 Å². The Bertz CT molecular complexity index is 221. The standard InChI is InChI=1S/C11H20BrNO2/c1-4-9-7-13(5-6-15-9)11(14)10(12)8(2)3/h8-10H,4-7H2,1-3H3. The third-order valence-electron chi connectivity index (χ3n) is 2.73. The molecule has 0 aromatic rings. The minimum Gasteiger partial charge on any atom is -0.375 e. The summed E-state index contributed by atoms with van der Waals surface area (Å²) in [6.45, 7) is 8.33. The smallest absolute Gasteiger partial charge is 0.236 e. The molecule has 0 bridgehead atoms. The van der Waals surface area contributed by atoms with Gasteiger partial charge in [-0.1, -0.05) is 36.7 Å². The zero-order valence-corrected chi connectivity index (χ0v) is 11.3. The molecule has 0 aliphatic carbocycles. The van der Waals surface area contributed by atoms with Gasteiger partial charge in [0.25, 0.3) is 0 Å². The fourth-order valence-electron chi connectivity index (χ4n) is 1.63. The molecular formula is C11H20BrNO2. The molecule has 2 atom stereocenters. The van der Waals surface area contributed by atoms with Crippen LogP contribution < -0.4 is 0 Å². The second-order valence-corrected chi connectivity index (χ2v) is 5.32. The SMILES string of the molecule is CCC1CN(C(=O)C(Br)C(C)C)CCO1. The van der Waals surface area contributed by atoms with Crippen LogP contribution in [0.25, 0.3) is 0 Å². The first-order valence-electron chi connectivity index (χ1n) is 5.60. The van der Waals surface area contributed by atoms with Gasteiger partial charge in [0.1, 0.15) is 0 Å². The molecule has 4 heteroatoms. The van der Waals surface area contributed by atoms with E-state index in [9.17, 15) is 4.79 Å². The Balaban J connectivity index is 2.52. The number of amides is 1.